The van der Waals surface area contributed by atoms with E-state index in [2.05, 4.69) is 85.7 Å². The Morgan fingerprint density at radius 1 is 0.773 bits per heavy atom. The summed E-state index contributed by atoms with van der Waals surface area (Å²) in [4.78, 5) is 0. The molecule has 0 unspecified atom stereocenters. The molecular weight excluding hydrogens is 286 g/mol. The smallest absolute Gasteiger partial charge is 0.0966 e. The van der Waals surface area contributed by atoms with Crippen LogP contribution in [0.4, 0.5) is 0 Å². The minimum Gasteiger partial charge on any atom is -0.333 e. The van der Waals surface area contributed by atoms with Gasteiger partial charge in [-0.15, -0.1) is 0 Å². The molecule has 0 spiro atoms. The van der Waals surface area contributed by atoms with Crippen LogP contribution in [0, 0.1) is 0 Å². The summed E-state index contributed by atoms with van der Waals surface area (Å²) in [5.41, 5.74) is 14.2. The van der Waals surface area contributed by atoms with Gasteiger partial charge in [-0.2, -0.15) is 0 Å². The van der Waals surface area contributed by atoms with E-state index < -0.39 is 8.07 Å². The summed E-state index contributed by atoms with van der Waals surface area (Å²) in [7, 11) is 3.14. The van der Waals surface area contributed by atoms with E-state index in [1.165, 1.54) is 33.2 Å². The maximum atomic E-state index is 4.50. The second-order valence-electron chi connectivity index (χ2n) is 4.52. The first kappa shape index (κ1) is 23.1. The number of benzene rings is 1. The summed E-state index contributed by atoms with van der Waals surface area (Å²) >= 11 is 0. The van der Waals surface area contributed by atoms with E-state index in [0.717, 1.165) is 0 Å². The fourth-order valence-electron chi connectivity index (χ4n) is 2.89. The molecule has 1 aliphatic carbocycles. The number of hydrogen-bond donors (Lipinski definition) is 3. The minimum atomic E-state index is -1.36. The lowest BCUT2D eigenvalue weighted by Gasteiger charge is -2.34. The first-order valence-corrected chi connectivity index (χ1v) is 10.5. The molecule has 126 valence electrons. The van der Waals surface area contributed by atoms with Gasteiger partial charge in [0.05, 0.1) is 8.07 Å². The largest absolute Gasteiger partial charge is 0.333 e. The predicted octanol–water partition coefficient (Wildman–Crippen LogP) is 2.60. The Morgan fingerprint density at radius 2 is 1.18 bits per heavy atom. The molecule has 0 amide bonds. The van der Waals surface area contributed by atoms with Gasteiger partial charge in [0.25, 0.3) is 0 Å². The summed E-state index contributed by atoms with van der Waals surface area (Å²) in [5, 5.41) is 1.61. The van der Waals surface area contributed by atoms with Crippen molar-refractivity contribution in [2.45, 2.75) is 31.5 Å². The highest BCUT2D eigenvalue weighted by molar-refractivity contribution is 6.93. The third-order valence-corrected chi connectivity index (χ3v) is 9.66. The summed E-state index contributed by atoms with van der Waals surface area (Å²) in [6.45, 7) is 4.73. The summed E-state index contributed by atoms with van der Waals surface area (Å²) < 4.78 is 0. The highest BCUT2D eigenvalue weighted by atomic mass is 28.3. The molecule has 0 saturated heterocycles. The Morgan fingerprint density at radius 3 is 1.55 bits per heavy atom. The molecule has 0 fully saturated rings. The molecule has 0 radical (unpaired) electrons. The van der Waals surface area contributed by atoms with Gasteiger partial charge >= 0.3 is 0 Å². The molecule has 0 bridgehead atoms. The molecule has 0 aliphatic heterocycles. The van der Waals surface area contributed by atoms with Gasteiger partial charge in [0.1, 0.15) is 0 Å². The zero-order valence-corrected chi connectivity index (χ0v) is 15.9. The van der Waals surface area contributed by atoms with Crippen LogP contribution in [0.3, 0.4) is 0 Å². The normalized spacial score (nSPS) is 12.4. The molecule has 0 saturated carbocycles. The molecule has 0 heterocycles. The van der Waals surface area contributed by atoms with Crippen LogP contribution in [0.1, 0.15) is 13.8 Å². The first-order chi connectivity index (χ1) is 10.8. The molecule has 6 N–H and O–H groups in total. The SMILES string of the molecule is CC[Si](CC)(c1ccccc1)C1C=CC=C1.CN.CN.CN. The molecule has 1 aliphatic rings. The third-order valence-electron chi connectivity index (χ3n) is 4.00. The zero-order chi connectivity index (χ0) is 17.4. The van der Waals surface area contributed by atoms with Crippen LogP contribution >= 0.6 is 0 Å². The molecule has 1 aromatic carbocycles. The lowest BCUT2D eigenvalue weighted by Crippen LogP contribution is -2.49. The number of hydrogen-bond acceptors (Lipinski definition) is 3. The number of allylic oxidation sites excluding steroid dienone is 4. The Labute approximate surface area is 138 Å². The van der Waals surface area contributed by atoms with Crippen molar-refractivity contribution in [3.05, 3.63) is 54.6 Å². The van der Waals surface area contributed by atoms with Crippen LogP contribution in [-0.4, -0.2) is 29.2 Å². The predicted molar refractivity (Wildman–Crippen MR) is 105 cm³/mol. The standard InChI is InChI=1S/C15H20Si.3CH5N/c1-3-16(4-2,15-12-8-9-13-15)14-10-6-5-7-11-14;3*1-2/h5-13,15H,3-4H2,1-2H3;3*2H2,1H3. The average molecular weight is 322 g/mol. The molecule has 2 rings (SSSR count). The molecule has 1 aromatic rings. The second kappa shape index (κ2) is 14.7. The maximum Gasteiger partial charge on any atom is 0.0966 e. The average Bonchev–Trinajstić information content (AvgIpc) is 3.18. The summed E-state index contributed by atoms with van der Waals surface area (Å²) in [6, 6.07) is 13.8. The van der Waals surface area contributed by atoms with Crippen LogP contribution in [-0.2, 0) is 0 Å². The molecule has 3 nitrogen and oxygen atoms in total. The highest BCUT2D eigenvalue weighted by Gasteiger charge is 2.37. The van der Waals surface area contributed by atoms with E-state index in [9.17, 15) is 0 Å². The van der Waals surface area contributed by atoms with Crippen molar-refractivity contribution >= 4 is 13.3 Å². The second-order valence-corrected chi connectivity index (χ2v) is 9.50. The first-order valence-electron chi connectivity index (χ1n) is 7.97. The lowest BCUT2D eigenvalue weighted by molar-refractivity contribution is 1.16. The molecular formula is C18H35N3Si. The Balaban J connectivity index is 0. The fraction of sp³-hybridized carbons (Fsp3) is 0.444. The Hall–Kier alpha value is -1.20. The van der Waals surface area contributed by atoms with Crippen LogP contribution in [0.5, 0.6) is 0 Å². The van der Waals surface area contributed by atoms with Crippen LogP contribution in [0.15, 0.2) is 54.6 Å². The molecule has 22 heavy (non-hydrogen) atoms. The van der Waals surface area contributed by atoms with Crippen molar-refractivity contribution in [2.24, 2.45) is 17.2 Å². The van der Waals surface area contributed by atoms with Crippen molar-refractivity contribution in [3.63, 3.8) is 0 Å². The van der Waals surface area contributed by atoms with E-state index >= 15 is 0 Å². The number of rotatable bonds is 4. The van der Waals surface area contributed by atoms with Gasteiger partial charge in [0, 0.05) is 0 Å². The van der Waals surface area contributed by atoms with Gasteiger partial charge in [0.2, 0.25) is 0 Å². The molecule has 0 aromatic heterocycles. The van der Waals surface area contributed by atoms with Gasteiger partial charge in [-0.1, -0.05) is 85.8 Å². The monoisotopic (exact) mass is 321 g/mol. The fourth-order valence-corrected chi connectivity index (χ4v) is 7.35. The van der Waals surface area contributed by atoms with E-state index in [4.69, 9.17) is 0 Å². The lowest BCUT2D eigenvalue weighted by atomic mass is 10.4. The van der Waals surface area contributed by atoms with Crippen molar-refractivity contribution < 1.29 is 0 Å². The van der Waals surface area contributed by atoms with E-state index in [0.29, 0.717) is 5.54 Å². The third kappa shape index (κ3) is 5.89. The van der Waals surface area contributed by atoms with E-state index in [1.54, 1.807) is 5.19 Å². The quantitative estimate of drug-likeness (QED) is 0.746. The van der Waals surface area contributed by atoms with Gasteiger partial charge in [0.15, 0.2) is 0 Å². The maximum absolute atomic E-state index is 4.50. The van der Waals surface area contributed by atoms with E-state index in [1.807, 2.05) is 0 Å². The van der Waals surface area contributed by atoms with Crippen LogP contribution < -0.4 is 22.4 Å². The number of nitrogens with two attached hydrogens (primary N) is 3. The highest BCUT2D eigenvalue weighted by Crippen LogP contribution is 2.34. The Bertz CT molecular complexity index is 386. The van der Waals surface area contributed by atoms with Gasteiger partial charge in [-0.3, -0.25) is 0 Å². The minimum absolute atomic E-state index is 0.699. The van der Waals surface area contributed by atoms with Gasteiger partial charge < -0.3 is 17.2 Å². The van der Waals surface area contributed by atoms with Crippen molar-refractivity contribution in [1.29, 1.82) is 0 Å². The summed E-state index contributed by atoms with van der Waals surface area (Å²) in [5.74, 6) is 0. The topological polar surface area (TPSA) is 78.1 Å². The van der Waals surface area contributed by atoms with Gasteiger partial charge in [-0.25, -0.2) is 0 Å². The van der Waals surface area contributed by atoms with Crippen LogP contribution in [0.2, 0.25) is 17.6 Å². The van der Waals surface area contributed by atoms with Gasteiger partial charge in [-0.05, 0) is 26.7 Å². The molecule has 0 atom stereocenters. The van der Waals surface area contributed by atoms with Crippen LogP contribution in [0.25, 0.3) is 0 Å². The molecule has 4 heteroatoms. The zero-order valence-electron chi connectivity index (χ0n) is 14.9. The van der Waals surface area contributed by atoms with E-state index in [-0.39, 0.29) is 0 Å². The van der Waals surface area contributed by atoms with Crippen molar-refractivity contribution in [1.82, 2.24) is 0 Å². The van der Waals surface area contributed by atoms with Crippen molar-refractivity contribution in [2.75, 3.05) is 21.1 Å². The van der Waals surface area contributed by atoms with Crippen molar-refractivity contribution in [3.8, 4) is 0 Å². The summed E-state index contributed by atoms with van der Waals surface area (Å²) in [6.07, 6.45) is 9.21. The Kier molecular flexibility index (Phi) is 15.4.